The zero-order valence-electron chi connectivity index (χ0n) is 12.1. The summed E-state index contributed by atoms with van der Waals surface area (Å²) in [5.41, 5.74) is 5.75. The fourth-order valence-corrected chi connectivity index (χ4v) is 1.55. The number of aliphatic hydroxyl groups excluding tert-OH is 1. The van der Waals surface area contributed by atoms with Crippen LogP contribution in [-0.4, -0.2) is 42.2 Å². The summed E-state index contributed by atoms with van der Waals surface area (Å²) in [6, 6.07) is -0.424. The van der Waals surface area contributed by atoms with E-state index in [9.17, 15) is 14.7 Å². The van der Waals surface area contributed by atoms with Gasteiger partial charge in [0.15, 0.2) is 0 Å². The van der Waals surface area contributed by atoms with Crippen LogP contribution in [0.1, 0.15) is 26.7 Å². The molecule has 6 nitrogen and oxygen atoms in total. The van der Waals surface area contributed by atoms with Gasteiger partial charge in [-0.15, -0.1) is 0 Å². The second kappa shape index (κ2) is 11.2. The van der Waals surface area contributed by atoms with Crippen molar-refractivity contribution in [1.29, 1.82) is 0 Å². The minimum atomic E-state index is -0.765. The van der Waals surface area contributed by atoms with Gasteiger partial charge in [-0.1, -0.05) is 18.2 Å². The maximum atomic E-state index is 11.3. The van der Waals surface area contributed by atoms with Crippen molar-refractivity contribution in [1.82, 2.24) is 10.6 Å². The number of allylic oxidation sites excluding steroid dienone is 3. The highest BCUT2D eigenvalue weighted by atomic mass is 16.3. The molecule has 0 aromatic heterocycles. The lowest BCUT2D eigenvalue weighted by Crippen LogP contribution is -2.38. The Morgan fingerprint density at radius 2 is 2.00 bits per heavy atom. The van der Waals surface area contributed by atoms with Crippen molar-refractivity contribution in [2.24, 2.45) is 5.73 Å². The van der Waals surface area contributed by atoms with Crippen LogP contribution in [0.3, 0.4) is 0 Å². The summed E-state index contributed by atoms with van der Waals surface area (Å²) < 4.78 is 0. The molecule has 5 N–H and O–H groups in total. The molecule has 0 bridgehead atoms. The van der Waals surface area contributed by atoms with Gasteiger partial charge in [0.1, 0.15) is 0 Å². The Morgan fingerprint density at radius 3 is 2.60 bits per heavy atom. The van der Waals surface area contributed by atoms with Crippen LogP contribution in [0.15, 0.2) is 24.3 Å². The lowest BCUT2D eigenvalue weighted by molar-refractivity contribution is -0.121. The predicted octanol–water partition coefficient (Wildman–Crippen LogP) is -0.161. The molecule has 114 valence electrons. The van der Waals surface area contributed by atoms with Crippen molar-refractivity contribution in [3.63, 3.8) is 0 Å². The van der Waals surface area contributed by atoms with Crippen LogP contribution < -0.4 is 16.4 Å². The molecule has 0 aliphatic rings. The van der Waals surface area contributed by atoms with E-state index in [0.29, 0.717) is 6.54 Å². The molecule has 0 fully saturated rings. The van der Waals surface area contributed by atoms with Crippen molar-refractivity contribution < 1.29 is 14.7 Å². The molecule has 6 heteroatoms. The molecule has 0 aromatic carbocycles. The van der Waals surface area contributed by atoms with Gasteiger partial charge in [-0.3, -0.25) is 9.59 Å². The van der Waals surface area contributed by atoms with Gasteiger partial charge >= 0.3 is 0 Å². The van der Waals surface area contributed by atoms with Crippen LogP contribution >= 0.6 is 0 Å². The maximum absolute atomic E-state index is 11.3. The Bertz CT molecular complexity index is 354. The Kier molecular flexibility index (Phi) is 10.3. The molecule has 20 heavy (non-hydrogen) atoms. The van der Waals surface area contributed by atoms with Crippen LogP contribution in [0.25, 0.3) is 0 Å². The van der Waals surface area contributed by atoms with Gasteiger partial charge in [-0.05, 0) is 20.3 Å². The first kappa shape index (κ1) is 18.3. The van der Waals surface area contributed by atoms with Gasteiger partial charge in [0.05, 0.1) is 6.10 Å². The standard InChI is InChI=1S/C14H25N3O3/c1-3-5-6-7-13(19)17-10-12(18)8-11(15)9-14(20)16-4-2/h3,5-7,11-12,18H,4,8-10,15H2,1-2H3,(H,16,20)(H,17,19)/b5-3-,7-6+/t11-,12-/m1/s1. The second-order valence-corrected chi connectivity index (χ2v) is 4.44. The average molecular weight is 283 g/mol. The molecule has 0 saturated heterocycles. The molecular formula is C14H25N3O3. The largest absolute Gasteiger partial charge is 0.391 e. The molecule has 2 amide bonds. The number of aliphatic hydroxyl groups is 1. The van der Waals surface area contributed by atoms with E-state index in [-0.39, 0.29) is 31.2 Å². The Labute approximate surface area is 120 Å². The molecule has 0 rings (SSSR count). The summed E-state index contributed by atoms with van der Waals surface area (Å²) in [5.74, 6) is -0.412. The number of carbonyl (C=O) groups is 2. The minimum Gasteiger partial charge on any atom is -0.391 e. The van der Waals surface area contributed by atoms with E-state index in [1.54, 1.807) is 18.2 Å². The third-order valence-corrected chi connectivity index (χ3v) is 2.46. The molecule has 0 aromatic rings. The number of carbonyl (C=O) groups excluding carboxylic acids is 2. The summed E-state index contributed by atoms with van der Waals surface area (Å²) in [6.07, 6.45) is 6.19. The number of hydrogen-bond donors (Lipinski definition) is 4. The maximum Gasteiger partial charge on any atom is 0.244 e. The summed E-state index contributed by atoms with van der Waals surface area (Å²) in [7, 11) is 0. The Balaban J connectivity index is 3.89. The predicted molar refractivity (Wildman–Crippen MR) is 78.9 cm³/mol. The van der Waals surface area contributed by atoms with E-state index >= 15 is 0 Å². The smallest absolute Gasteiger partial charge is 0.244 e. The molecule has 0 radical (unpaired) electrons. The number of nitrogens with one attached hydrogen (secondary N) is 2. The fraction of sp³-hybridized carbons (Fsp3) is 0.571. The van der Waals surface area contributed by atoms with Crippen molar-refractivity contribution in [2.75, 3.05) is 13.1 Å². The normalized spacial score (nSPS) is 14.4. The van der Waals surface area contributed by atoms with Gasteiger partial charge in [0, 0.05) is 31.6 Å². The average Bonchev–Trinajstić information content (AvgIpc) is 2.36. The van der Waals surface area contributed by atoms with Crippen LogP contribution in [0, 0.1) is 0 Å². The van der Waals surface area contributed by atoms with Gasteiger partial charge in [-0.2, -0.15) is 0 Å². The lowest BCUT2D eigenvalue weighted by Gasteiger charge is -2.16. The minimum absolute atomic E-state index is 0.113. The van der Waals surface area contributed by atoms with Crippen molar-refractivity contribution in [2.45, 2.75) is 38.8 Å². The summed E-state index contributed by atoms with van der Waals surface area (Å²) in [4.78, 5) is 22.6. The van der Waals surface area contributed by atoms with Crippen molar-refractivity contribution in [3.8, 4) is 0 Å². The molecule has 0 saturated carbocycles. The number of hydrogen-bond acceptors (Lipinski definition) is 4. The molecule has 0 spiro atoms. The fourth-order valence-electron chi connectivity index (χ4n) is 1.55. The Morgan fingerprint density at radius 1 is 1.30 bits per heavy atom. The van der Waals surface area contributed by atoms with E-state index in [1.165, 1.54) is 6.08 Å². The van der Waals surface area contributed by atoms with E-state index < -0.39 is 12.1 Å². The summed E-state index contributed by atoms with van der Waals surface area (Å²) in [5, 5.41) is 14.9. The molecule has 0 aliphatic carbocycles. The number of rotatable bonds is 9. The first-order valence-electron chi connectivity index (χ1n) is 6.77. The first-order valence-corrected chi connectivity index (χ1v) is 6.77. The van der Waals surface area contributed by atoms with Crippen LogP contribution in [0.2, 0.25) is 0 Å². The summed E-state index contributed by atoms with van der Waals surface area (Å²) >= 11 is 0. The van der Waals surface area contributed by atoms with Crippen LogP contribution in [0.4, 0.5) is 0 Å². The van der Waals surface area contributed by atoms with Crippen LogP contribution in [0.5, 0.6) is 0 Å². The molecule has 0 heterocycles. The monoisotopic (exact) mass is 283 g/mol. The zero-order valence-corrected chi connectivity index (χ0v) is 12.1. The highest BCUT2D eigenvalue weighted by Crippen LogP contribution is 1.99. The molecule has 0 unspecified atom stereocenters. The SMILES string of the molecule is C/C=C\C=C\C(=O)NC[C@H](O)C[C@@H](N)CC(=O)NCC. The van der Waals surface area contributed by atoms with Gasteiger partial charge in [-0.25, -0.2) is 0 Å². The van der Waals surface area contributed by atoms with E-state index in [2.05, 4.69) is 10.6 Å². The number of nitrogens with two attached hydrogens (primary N) is 1. The highest BCUT2D eigenvalue weighted by molar-refractivity contribution is 5.87. The van der Waals surface area contributed by atoms with Gasteiger partial charge in [0.25, 0.3) is 0 Å². The molecule has 0 aliphatic heterocycles. The lowest BCUT2D eigenvalue weighted by atomic mass is 10.1. The van der Waals surface area contributed by atoms with E-state index in [4.69, 9.17) is 5.73 Å². The molecular weight excluding hydrogens is 258 g/mol. The third-order valence-electron chi connectivity index (χ3n) is 2.46. The topological polar surface area (TPSA) is 104 Å². The van der Waals surface area contributed by atoms with Gasteiger partial charge < -0.3 is 21.5 Å². The number of amides is 2. The van der Waals surface area contributed by atoms with E-state index in [1.807, 2.05) is 13.8 Å². The zero-order chi connectivity index (χ0) is 15.4. The van der Waals surface area contributed by atoms with E-state index in [0.717, 1.165) is 0 Å². The Hall–Kier alpha value is -1.66. The van der Waals surface area contributed by atoms with Crippen LogP contribution in [-0.2, 0) is 9.59 Å². The second-order valence-electron chi connectivity index (χ2n) is 4.44. The summed E-state index contributed by atoms with van der Waals surface area (Å²) in [6.45, 7) is 4.35. The highest BCUT2D eigenvalue weighted by Gasteiger charge is 2.14. The molecule has 2 atom stereocenters. The third kappa shape index (κ3) is 10.3. The van der Waals surface area contributed by atoms with Gasteiger partial charge in [0.2, 0.25) is 11.8 Å². The van der Waals surface area contributed by atoms with Crippen molar-refractivity contribution >= 4 is 11.8 Å². The quantitative estimate of drug-likeness (QED) is 0.348. The first-order chi connectivity index (χ1) is 9.49. The van der Waals surface area contributed by atoms with Crippen molar-refractivity contribution in [3.05, 3.63) is 24.3 Å².